The third-order valence-electron chi connectivity index (χ3n) is 6.07. The van der Waals surface area contributed by atoms with Gasteiger partial charge in [0.25, 0.3) is 20.2 Å². The third-order valence-corrected chi connectivity index (χ3v) is 9.92. The lowest BCUT2D eigenvalue weighted by molar-refractivity contribution is 0.362. The lowest BCUT2D eigenvalue weighted by Crippen LogP contribution is -2.61. The molecule has 3 aromatic carbocycles. The fraction of sp³-hybridized carbons (Fsp3) is 0.154. The van der Waals surface area contributed by atoms with Crippen molar-refractivity contribution in [2.24, 2.45) is 5.92 Å². The number of hydrogen-bond donors (Lipinski definition) is 4. The third kappa shape index (κ3) is 5.21. The van der Waals surface area contributed by atoms with Crippen molar-refractivity contribution in [1.29, 1.82) is 0 Å². The Labute approximate surface area is 210 Å². The summed E-state index contributed by atoms with van der Waals surface area (Å²) in [7, 11) is -10.7. The Bertz CT molecular complexity index is 1380. The molecule has 0 heterocycles. The van der Waals surface area contributed by atoms with Gasteiger partial charge in [-0.1, -0.05) is 85.0 Å². The predicted molar refractivity (Wildman–Crippen MR) is 141 cm³/mol. The molecule has 0 saturated carbocycles. The summed E-state index contributed by atoms with van der Waals surface area (Å²) in [6, 6.07) is 26.4. The Kier molecular flexibility index (Phi) is 7.05. The Hall–Kier alpha value is -3.44. The van der Waals surface area contributed by atoms with Gasteiger partial charge in [0.1, 0.15) is 5.66 Å². The number of para-hydroxylation sites is 2. The molecule has 10 heteroatoms. The SMILES string of the molecule is O=S(=O)(O)C1(S(=O)(=O)O)CC(Nc2ccccc2)(Nc2ccccc2)C=CC1C=Cc1ccccc1. The average molecular weight is 527 g/mol. The van der Waals surface area contributed by atoms with Crippen molar-refractivity contribution < 1.29 is 25.9 Å². The fourth-order valence-corrected chi connectivity index (χ4v) is 7.28. The molecule has 4 N–H and O–H groups in total. The first-order valence-corrected chi connectivity index (χ1v) is 14.0. The molecule has 1 aliphatic carbocycles. The molecule has 0 aliphatic heterocycles. The highest BCUT2D eigenvalue weighted by molar-refractivity contribution is 8.05. The largest absolute Gasteiger partial charge is 0.360 e. The minimum Gasteiger partial charge on any atom is -0.360 e. The van der Waals surface area contributed by atoms with E-state index in [1.54, 1.807) is 103 Å². The second kappa shape index (κ2) is 9.90. The van der Waals surface area contributed by atoms with Gasteiger partial charge in [-0.25, -0.2) is 0 Å². The van der Waals surface area contributed by atoms with Gasteiger partial charge in [-0.2, -0.15) is 16.8 Å². The Morgan fingerprint density at radius 1 is 0.722 bits per heavy atom. The summed E-state index contributed by atoms with van der Waals surface area (Å²) in [4.78, 5) is 0. The van der Waals surface area contributed by atoms with Gasteiger partial charge in [0.2, 0.25) is 4.08 Å². The van der Waals surface area contributed by atoms with Gasteiger partial charge in [0.05, 0.1) is 0 Å². The quantitative estimate of drug-likeness (QED) is 0.189. The van der Waals surface area contributed by atoms with Crippen molar-refractivity contribution in [3.63, 3.8) is 0 Å². The van der Waals surface area contributed by atoms with Gasteiger partial charge in [-0.05, 0) is 35.9 Å². The first-order valence-electron chi connectivity index (χ1n) is 11.1. The molecule has 188 valence electrons. The van der Waals surface area contributed by atoms with Crippen LogP contribution in [-0.4, -0.2) is 35.7 Å². The normalized spacial score (nSPS) is 19.1. The van der Waals surface area contributed by atoms with Gasteiger partial charge >= 0.3 is 0 Å². The number of allylic oxidation sites excluding steroid dienone is 2. The van der Waals surface area contributed by atoms with Crippen LogP contribution in [-0.2, 0) is 20.2 Å². The molecule has 4 rings (SSSR count). The van der Waals surface area contributed by atoms with Crippen LogP contribution in [0.15, 0.2) is 109 Å². The summed E-state index contributed by atoms with van der Waals surface area (Å²) < 4.78 is 69.2. The minimum absolute atomic E-state index is 0.559. The van der Waals surface area contributed by atoms with E-state index in [-0.39, 0.29) is 0 Å². The summed E-state index contributed by atoms with van der Waals surface area (Å²) in [6.07, 6.45) is 5.12. The van der Waals surface area contributed by atoms with E-state index < -0.39 is 42.3 Å². The number of rotatable bonds is 8. The molecule has 36 heavy (non-hydrogen) atoms. The molecule has 1 aliphatic rings. The summed E-state index contributed by atoms with van der Waals surface area (Å²) in [5, 5.41) is 6.33. The van der Waals surface area contributed by atoms with E-state index in [9.17, 15) is 25.9 Å². The monoisotopic (exact) mass is 526 g/mol. The highest BCUT2D eigenvalue weighted by atomic mass is 32.3. The number of benzene rings is 3. The molecule has 0 amide bonds. The molecule has 1 unspecified atom stereocenters. The van der Waals surface area contributed by atoms with E-state index in [1.165, 1.54) is 12.2 Å². The van der Waals surface area contributed by atoms with Crippen molar-refractivity contribution in [1.82, 2.24) is 0 Å². The van der Waals surface area contributed by atoms with Crippen LogP contribution < -0.4 is 10.6 Å². The molecule has 1 atom stereocenters. The van der Waals surface area contributed by atoms with Gasteiger partial charge in [-0.15, -0.1) is 0 Å². The minimum atomic E-state index is -5.37. The van der Waals surface area contributed by atoms with Crippen molar-refractivity contribution in [3.05, 3.63) is 115 Å². The number of hydrogen-bond acceptors (Lipinski definition) is 6. The lowest BCUT2D eigenvalue weighted by Gasteiger charge is -2.45. The smallest absolute Gasteiger partial charge is 0.288 e. The van der Waals surface area contributed by atoms with Crippen LogP contribution in [0.25, 0.3) is 6.08 Å². The van der Waals surface area contributed by atoms with Crippen LogP contribution in [0.3, 0.4) is 0 Å². The summed E-state index contributed by atoms with van der Waals surface area (Å²) >= 11 is 0. The van der Waals surface area contributed by atoms with E-state index in [2.05, 4.69) is 10.6 Å². The summed E-state index contributed by atoms with van der Waals surface area (Å²) in [5.41, 5.74) is 0.282. The first kappa shape index (κ1) is 25.6. The molecule has 0 saturated heterocycles. The number of nitrogens with one attached hydrogen (secondary N) is 2. The topological polar surface area (TPSA) is 133 Å². The Morgan fingerprint density at radius 3 is 1.61 bits per heavy atom. The molecule has 3 aromatic rings. The molecule has 0 bridgehead atoms. The summed E-state index contributed by atoms with van der Waals surface area (Å²) in [5.74, 6) is -1.40. The fourth-order valence-electron chi connectivity index (χ4n) is 4.39. The highest BCUT2D eigenvalue weighted by Gasteiger charge is 2.63. The lowest BCUT2D eigenvalue weighted by atomic mass is 9.85. The second-order valence-corrected chi connectivity index (χ2v) is 12.2. The van der Waals surface area contributed by atoms with Crippen molar-refractivity contribution in [2.75, 3.05) is 10.6 Å². The molecule has 0 radical (unpaired) electrons. The van der Waals surface area contributed by atoms with Crippen LogP contribution in [0.2, 0.25) is 0 Å². The van der Waals surface area contributed by atoms with E-state index in [1.807, 2.05) is 0 Å². The predicted octanol–water partition coefficient (Wildman–Crippen LogP) is 4.67. The molecular formula is C26H26N2O6S2. The molecule has 0 aromatic heterocycles. The maximum absolute atomic E-state index is 12.9. The first-order chi connectivity index (χ1) is 17.0. The van der Waals surface area contributed by atoms with Gasteiger partial charge in [0, 0.05) is 23.7 Å². The van der Waals surface area contributed by atoms with E-state index in [0.717, 1.165) is 0 Å². The molecule has 8 nitrogen and oxygen atoms in total. The number of anilines is 2. The standard InChI is InChI=1S/C26H26N2O6S2/c29-35(30,31)26(36(32,33)34)20-25(27-23-12-6-2-7-13-23,28-24-14-8-3-9-15-24)19-18-22(26)17-16-21-10-4-1-5-11-21/h1-19,22,27-28H,20H2,(H,29,30,31)(H,32,33,34). The zero-order valence-electron chi connectivity index (χ0n) is 19.1. The van der Waals surface area contributed by atoms with Crippen LogP contribution >= 0.6 is 0 Å². The van der Waals surface area contributed by atoms with Gasteiger partial charge < -0.3 is 10.6 Å². The molecule has 0 fully saturated rings. The van der Waals surface area contributed by atoms with Gasteiger partial charge in [0.15, 0.2) is 0 Å². The van der Waals surface area contributed by atoms with Crippen LogP contribution in [0.1, 0.15) is 12.0 Å². The molecular weight excluding hydrogens is 500 g/mol. The average Bonchev–Trinajstić information content (AvgIpc) is 2.84. The van der Waals surface area contributed by atoms with Gasteiger partial charge in [-0.3, -0.25) is 9.11 Å². The van der Waals surface area contributed by atoms with Crippen LogP contribution in [0.5, 0.6) is 0 Å². The highest BCUT2D eigenvalue weighted by Crippen LogP contribution is 2.46. The van der Waals surface area contributed by atoms with E-state index >= 15 is 0 Å². The van der Waals surface area contributed by atoms with Crippen molar-refractivity contribution in [3.8, 4) is 0 Å². The Balaban J connectivity index is 1.90. The van der Waals surface area contributed by atoms with Crippen LogP contribution in [0.4, 0.5) is 11.4 Å². The molecule has 0 spiro atoms. The zero-order valence-corrected chi connectivity index (χ0v) is 20.7. The summed E-state index contributed by atoms with van der Waals surface area (Å²) in [6.45, 7) is 0. The Morgan fingerprint density at radius 2 is 1.17 bits per heavy atom. The second-order valence-electron chi connectivity index (χ2n) is 8.55. The van der Waals surface area contributed by atoms with E-state index in [4.69, 9.17) is 0 Å². The maximum atomic E-state index is 12.9. The van der Waals surface area contributed by atoms with E-state index in [0.29, 0.717) is 16.9 Å². The van der Waals surface area contributed by atoms with Crippen LogP contribution in [0, 0.1) is 5.92 Å². The van der Waals surface area contributed by atoms with Crippen molar-refractivity contribution in [2.45, 2.75) is 16.2 Å². The maximum Gasteiger partial charge on any atom is 0.288 e. The van der Waals surface area contributed by atoms with Crippen molar-refractivity contribution >= 4 is 37.7 Å². The zero-order chi connectivity index (χ0) is 25.9.